The van der Waals surface area contributed by atoms with E-state index in [0.29, 0.717) is 18.9 Å². The van der Waals surface area contributed by atoms with Crippen LogP contribution < -0.4 is 15.0 Å². The lowest BCUT2D eigenvalue weighted by atomic mass is 10.1. The number of benzene rings is 2. The van der Waals surface area contributed by atoms with Gasteiger partial charge in [0.05, 0.1) is 25.8 Å². The van der Waals surface area contributed by atoms with Gasteiger partial charge in [-0.05, 0) is 35.9 Å². The van der Waals surface area contributed by atoms with Crippen LogP contribution in [0.5, 0.6) is 5.75 Å². The minimum atomic E-state index is -0.425. The zero-order chi connectivity index (χ0) is 21.1. The smallest absolute Gasteiger partial charge is 0.230 e. The maximum atomic E-state index is 12.8. The number of nitrogens with one attached hydrogen (secondary N) is 1. The van der Waals surface area contributed by atoms with Crippen LogP contribution in [-0.2, 0) is 16.1 Å². The topological polar surface area (TPSA) is 76.5 Å². The van der Waals surface area contributed by atoms with Crippen molar-refractivity contribution >= 4 is 39.2 Å². The van der Waals surface area contributed by atoms with E-state index in [-0.39, 0.29) is 18.2 Å². The Morgan fingerprint density at radius 1 is 1.20 bits per heavy atom. The number of methoxy groups -OCH3 is 1. The van der Waals surface area contributed by atoms with E-state index in [1.165, 1.54) is 0 Å². The van der Waals surface area contributed by atoms with E-state index in [0.717, 1.165) is 21.5 Å². The molecule has 2 aromatic carbocycles. The first-order valence-corrected chi connectivity index (χ1v) is 10.3. The number of carbonyl (C=O) groups excluding carboxylic acids is 2. The monoisotopic (exact) mass is 468 g/mol. The number of anilines is 2. The number of rotatable bonds is 6. The Kier molecular flexibility index (Phi) is 5.85. The molecule has 0 aliphatic carbocycles. The van der Waals surface area contributed by atoms with Gasteiger partial charge < -0.3 is 15.0 Å². The number of hydrogen-bond donors (Lipinski definition) is 1. The summed E-state index contributed by atoms with van der Waals surface area (Å²) in [6, 6.07) is 16.9. The van der Waals surface area contributed by atoms with Gasteiger partial charge in [0.2, 0.25) is 11.8 Å². The summed E-state index contributed by atoms with van der Waals surface area (Å²) >= 11 is 3.54. The molecule has 30 heavy (non-hydrogen) atoms. The highest BCUT2D eigenvalue weighted by Crippen LogP contribution is 2.28. The second kappa shape index (κ2) is 8.71. The Hall–Kier alpha value is -3.13. The summed E-state index contributed by atoms with van der Waals surface area (Å²) < 4.78 is 7.87. The normalized spacial score (nSPS) is 16.0. The average molecular weight is 469 g/mol. The molecule has 154 valence electrons. The van der Waals surface area contributed by atoms with Crippen molar-refractivity contribution in [2.75, 3.05) is 23.9 Å². The maximum absolute atomic E-state index is 12.8. The van der Waals surface area contributed by atoms with E-state index in [1.54, 1.807) is 41.1 Å². The van der Waals surface area contributed by atoms with Crippen LogP contribution in [0.3, 0.4) is 0 Å². The van der Waals surface area contributed by atoms with Crippen LogP contribution in [0, 0.1) is 5.92 Å². The molecule has 0 radical (unpaired) electrons. The molecular formula is C22H21BrN4O3. The average Bonchev–Trinajstić information content (AvgIpc) is 3.36. The lowest BCUT2D eigenvalue weighted by molar-refractivity contribution is -0.122. The molecule has 2 heterocycles. The van der Waals surface area contributed by atoms with Crippen LogP contribution in [0.15, 0.2) is 65.3 Å². The van der Waals surface area contributed by atoms with Crippen LogP contribution in [0.2, 0.25) is 0 Å². The number of ether oxygens (including phenoxy) is 1. The highest BCUT2D eigenvalue weighted by molar-refractivity contribution is 9.10. The van der Waals surface area contributed by atoms with Crippen molar-refractivity contribution in [2.45, 2.75) is 13.0 Å². The predicted octanol–water partition coefficient (Wildman–Crippen LogP) is 3.69. The number of carbonyl (C=O) groups is 2. The van der Waals surface area contributed by atoms with E-state index in [4.69, 9.17) is 4.74 Å². The van der Waals surface area contributed by atoms with Crippen molar-refractivity contribution in [1.29, 1.82) is 0 Å². The van der Waals surface area contributed by atoms with Gasteiger partial charge in [0, 0.05) is 29.2 Å². The number of amides is 2. The molecule has 1 aromatic heterocycles. The molecule has 8 heteroatoms. The van der Waals surface area contributed by atoms with E-state index in [1.807, 2.05) is 36.4 Å². The van der Waals surface area contributed by atoms with Crippen molar-refractivity contribution in [2.24, 2.45) is 5.92 Å². The summed E-state index contributed by atoms with van der Waals surface area (Å²) in [5.41, 5.74) is 1.81. The Bertz CT molecular complexity index is 1060. The van der Waals surface area contributed by atoms with E-state index in [9.17, 15) is 9.59 Å². The van der Waals surface area contributed by atoms with Gasteiger partial charge in [0.25, 0.3) is 0 Å². The second-order valence-electron chi connectivity index (χ2n) is 7.06. The summed E-state index contributed by atoms with van der Waals surface area (Å²) in [5.74, 6) is 0.644. The largest absolute Gasteiger partial charge is 0.497 e. The zero-order valence-electron chi connectivity index (χ0n) is 16.4. The molecule has 7 nitrogen and oxygen atoms in total. The summed E-state index contributed by atoms with van der Waals surface area (Å²) in [6.45, 7) is 0.862. The summed E-state index contributed by atoms with van der Waals surface area (Å²) in [4.78, 5) is 27.0. The van der Waals surface area contributed by atoms with Gasteiger partial charge in [-0.1, -0.05) is 34.1 Å². The van der Waals surface area contributed by atoms with Gasteiger partial charge in [-0.25, -0.2) is 4.68 Å². The third-order valence-electron chi connectivity index (χ3n) is 5.13. The van der Waals surface area contributed by atoms with Crippen LogP contribution in [0.25, 0.3) is 0 Å². The van der Waals surface area contributed by atoms with Crippen molar-refractivity contribution < 1.29 is 14.3 Å². The summed E-state index contributed by atoms with van der Waals surface area (Å²) in [6.07, 6.45) is 1.83. The first-order valence-electron chi connectivity index (χ1n) is 9.55. The van der Waals surface area contributed by atoms with Crippen molar-refractivity contribution in [3.05, 3.63) is 70.8 Å². The third-order valence-corrected chi connectivity index (χ3v) is 5.90. The molecule has 1 saturated heterocycles. The third kappa shape index (κ3) is 4.23. The first kappa shape index (κ1) is 20.2. The summed E-state index contributed by atoms with van der Waals surface area (Å²) in [7, 11) is 1.59. The van der Waals surface area contributed by atoms with Crippen LogP contribution in [0.1, 0.15) is 12.0 Å². The molecule has 1 aliphatic heterocycles. The Balaban J connectivity index is 1.43. The van der Waals surface area contributed by atoms with Crippen LogP contribution >= 0.6 is 15.9 Å². The number of nitrogens with zero attached hydrogens (tertiary/aromatic N) is 3. The molecule has 4 rings (SSSR count). The highest BCUT2D eigenvalue weighted by Gasteiger charge is 2.35. The molecule has 0 saturated carbocycles. The second-order valence-corrected chi connectivity index (χ2v) is 7.91. The standard InChI is InChI=1S/C22H21BrN4O3/c1-30-18-8-6-17(7-9-18)26-13-16(12-21(26)28)22(29)25-20-10-11-24-27(20)14-15-4-2-3-5-19(15)23/h2-11,16H,12-14H2,1H3,(H,25,29). The molecule has 2 amide bonds. The fourth-order valence-electron chi connectivity index (χ4n) is 3.48. The minimum Gasteiger partial charge on any atom is -0.497 e. The van der Waals surface area contributed by atoms with E-state index >= 15 is 0 Å². The minimum absolute atomic E-state index is 0.0676. The van der Waals surface area contributed by atoms with Gasteiger partial charge in [0.15, 0.2) is 0 Å². The van der Waals surface area contributed by atoms with Gasteiger partial charge >= 0.3 is 0 Å². The molecule has 1 aliphatic rings. The first-order chi connectivity index (χ1) is 14.5. The maximum Gasteiger partial charge on any atom is 0.230 e. The van der Waals surface area contributed by atoms with Crippen molar-refractivity contribution in [3.8, 4) is 5.75 Å². The number of halogens is 1. The number of hydrogen-bond acceptors (Lipinski definition) is 4. The Morgan fingerprint density at radius 2 is 1.97 bits per heavy atom. The van der Waals surface area contributed by atoms with Gasteiger partial charge in [-0.2, -0.15) is 5.10 Å². The molecule has 0 bridgehead atoms. The highest BCUT2D eigenvalue weighted by atomic mass is 79.9. The molecular weight excluding hydrogens is 448 g/mol. The Morgan fingerprint density at radius 3 is 2.70 bits per heavy atom. The van der Waals surface area contributed by atoms with Gasteiger partial charge in [-0.3, -0.25) is 9.59 Å². The fourth-order valence-corrected chi connectivity index (χ4v) is 3.89. The molecule has 1 fully saturated rings. The molecule has 3 aromatic rings. The molecule has 1 N–H and O–H groups in total. The van der Waals surface area contributed by atoms with Gasteiger partial charge in [0.1, 0.15) is 11.6 Å². The molecule has 0 spiro atoms. The molecule has 1 unspecified atom stereocenters. The fraction of sp³-hybridized carbons (Fsp3) is 0.227. The summed E-state index contributed by atoms with van der Waals surface area (Å²) in [5, 5.41) is 7.25. The van der Waals surface area contributed by atoms with E-state index in [2.05, 4.69) is 26.3 Å². The molecule has 1 atom stereocenters. The lowest BCUT2D eigenvalue weighted by Gasteiger charge is -2.17. The quantitative estimate of drug-likeness (QED) is 0.598. The van der Waals surface area contributed by atoms with Crippen molar-refractivity contribution in [1.82, 2.24) is 9.78 Å². The predicted molar refractivity (Wildman–Crippen MR) is 118 cm³/mol. The SMILES string of the molecule is COc1ccc(N2CC(C(=O)Nc3ccnn3Cc3ccccc3Br)CC2=O)cc1. The van der Waals surface area contributed by atoms with Crippen LogP contribution in [0.4, 0.5) is 11.5 Å². The zero-order valence-corrected chi connectivity index (χ0v) is 18.0. The van der Waals surface area contributed by atoms with Gasteiger partial charge in [-0.15, -0.1) is 0 Å². The Labute approximate surface area is 182 Å². The lowest BCUT2D eigenvalue weighted by Crippen LogP contribution is -2.28. The van der Waals surface area contributed by atoms with E-state index < -0.39 is 5.92 Å². The van der Waals surface area contributed by atoms with Crippen molar-refractivity contribution in [3.63, 3.8) is 0 Å². The van der Waals surface area contributed by atoms with Crippen LogP contribution in [-0.4, -0.2) is 35.2 Å². The number of aromatic nitrogens is 2.